The Labute approximate surface area is 125 Å². The quantitative estimate of drug-likeness (QED) is 0.546. The molecule has 0 aromatic rings. The van der Waals surface area contributed by atoms with Crippen LogP contribution in [-0.4, -0.2) is 23.9 Å². The summed E-state index contributed by atoms with van der Waals surface area (Å²) in [4.78, 5) is 14.1. The van der Waals surface area contributed by atoms with Gasteiger partial charge in [-0.2, -0.15) is 0 Å². The number of amides is 1. The molecule has 0 bridgehead atoms. The maximum Gasteiger partial charge on any atom is 0.222 e. The Bertz CT molecular complexity index is 335. The fourth-order valence-electron chi connectivity index (χ4n) is 2.05. The lowest BCUT2D eigenvalue weighted by atomic mass is 10.1. The minimum absolute atomic E-state index is 0.287. The first-order valence-electron chi connectivity index (χ1n) is 7.93. The van der Waals surface area contributed by atoms with Gasteiger partial charge in [0.05, 0.1) is 0 Å². The van der Waals surface area contributed by atoms with Crippen molar-refractivity contribution in [1.29, 1.82) is 0 Å². The zero-order valence-electron chi connectivity index (χ0n) is 14.3. The lowest BCUT2D eigenvalue weighted by molar-refractivity contribution is -0.131. The number of carbonyl (C=O) groups excluding carboxylic acids is 1. The lowest BCUT2D eigenvalue weighted by Crippen LogP contribution is -2.34. The summed E-state index contributed by atoms with van der Waals surface area (Å²) in [5.74, 6) is 0.810. The molecule has 0 aromatic heterocycles. The Hall–Kier alpha value is -1.05. The van der Waals surface area contributed by atoms with Crippen molar-refractivity contribution in [2.45, 2.75) is 67.2 Å². The van der Waals surface area contributed by atoms with Gasteiger partial charge < -0.3 is 4.90 Å². The van der Waals surface area contributed by atoms with Gasteiger partial charge in [-0.1, -0.05) is 44.1 Å². The second-order valence-electron chi connectivity index (χ2n) is 6.31. The van der Waals surface area contributed by atoms with E-state index in [0.717, 1.165) is 32.4 Å². The zero-order chi connectivity index (χ0) is 15.5. The van der Waals surface area contributed by atoms with E-state index in [1.165, 1.54) is 11.1 Å². The van der Waals surface area contributed by atoms with Crippen molar-refractivity contribution in [2.24, 2.45) is 5.92 Å². The van der Waals surface area contributed by atoms with Crippen LogP contribution >= 0.6 is 0 Å². The van der Waals surface area contributed by atoms with Gasteiger partial charge in [0.15, 0.2) is 0 Å². The summed E-state index contributed by atoms with van der Waals surface area (Å²) < 4.78 is 0. The van der Waals surface area contributed by atoms with Crippen LogP contribution in [0.4, 0.5) is 0 Å². The SMILES string of the molecule is CCCC(=O)N(C/C=C(/C)CCC=C(C)C)CC(C)C. The third kappa shape index (κ3) is 9.82. The first-order valence-corrected chi connectivity index (χ1v) is 7.93. The van der Waals surface area contributed by atoms with E-state index < -0.39 is 0 Å². The molecular weight excluding hydrogens is 246 g/mol. The van der Waals surface area contributed by atoms with Gasteiger partial charge in [0.2, 0.25) is 5.91 Å². The average Bonchev–Trinajstić information content (AvgIpc) is 2.33. The summed E-state index contributed by atoms with van der Waals surface area (Å²) in [6.07, 6.45) is 8.26. The molecule has 0 saturated heterocycles. The second-order valence-corrected chi connectivity index (χ2v) is 6.31. The predicted octanol–water partition coefficient (Wildman–Crippen LogP) is 4.96. The molecule has 0 rings (SSSR count). The first kappa shape index (κ1) is 18.9. The van der Waals surface area contributed by atoms with Gasteiger partial charge >= 0.3 is 0 Å². The lowest BCUT2D eigenvalue weighted by Gasteiger charge is -2.23. The summed E-state index contributed by atoms with van der Waals surface area (Å²) in [5.41, 5.74) is 2.75. The molecule has 0 aromatic carbocycles. The molecule has 0 fully saturated rings. The molecule has 0 N–H and O–H groups in total. The Morgan fingerprint density at radius 3 is 2.25 bits per heavy atom. The Morgan fingerprint density at radius 2 is 1.75 bits per heavy atom. The molecule has 2 heteroatoms. The van der Waals surface area contributed by atoms with Crippen molar-refractivity contribution in [1.82, 2.24) is 4.90 Å². The van der Waals surface area contributed by atoms with E-state index in [9.17, 15) is 4.79 Å². The molecule has 20 heavy (non-hydrogen) atoms. The maximum absolute atomic E-state index is 12.1. The predicted molar refractivity (Wildman–Crippen MR) is 88.7 cm³/mol. The number of allylic oxidation sites excluding steroid dienone is 3. The van der Waals surface area contributed by atoms with Crippen molar-refractivity contribution < 1.29 is 4.79 Å². The van der Waals surface area contributed by atoms with Gasteiger partial charge in [0.25, 0.3) is 0 Å². The van der Waals surface area contributed by atoms with Crippen LogP contribution in [-0.2, 0) is 4.79 Å². The average molecular weight is 279 g/mol. The summed E-state index contributed by atoms with van der Waals surface area (Å²) >= 11 is 0. The van der Waals surface area contributed by atoms with Gasteiger partial charge in [0, 0.05) is 19.5 Å². The molecular formula is C18H33NO. The summed E-state index contributed by atoms with van der Waals surface area (Å²) in [6.45, 7) is 14.4. The highest BCUT2D eigenvalue weighted by Crippen LogP contribution is 2.09. The van der Waals surface area contributed by atoms with Crippen molar-refractivity contribution in [3.05, 3.63) is 23.3 Å². The highest BCUT2D eigenvalue weighted by Gasteiger charge is 2.12. The van der Waals surface area contributed by atoms with E-state index in [1.54, 1.807) is 0 Å². The molecule has 0 aliphatic carbocycles. The van der Waals surface area contributed by atoms with Crippen LogP contribution in [0.5, 0.6) is 0 Å². The van der Waals surface area contributed by atoms with Crippen LogP contribution in [0.2, 0.25) is 0 Å². The Kier molecular flexibility index (Phi) is 10.1. The topological polar surface area (TPSA) is 20.3 Å². The first-order chi connectivity index (χ1) is 9.36. The molecule has 116 valence electrons. The molecule has 0 aliphatic rings. The number of carbonyl (C=O) groups is 1. The smallest absolute Gasteiger partial charge is 0.222 e. The van der Waals surface area contributed by atoms with E-state index in [2.05, 4.69) is 53.7 Å². The van der Waals surface area contributed by atoms with E-state index in [1.807, 2.05) is 4.90 Å². The number of hydrogen-bond acceptors (Lipinski definition) is 1. The van der Waals surface area contributed by atoms with Crippen LogP contribution in [0.25, 0.3) is 0 Å². The van der Waals surface area contributed by atoms with Crippen LogP contribution in [0.1, 0.15) is 67.2 Å². The van der Waals surface area contributed by atoms with Crippen LogP contribution in [0.15, 0.2) is 23.3 Å². The van der Waals surface area contributed by atoms with Crippen molar-refractivity contribution >= 4 is 5.91 Å². The standard InChI is InChI=1S/C18H33NO/c1-7-9-18(20)19(14-16(4)5)13-12-17(6)11-8-10-15(2)3/h10,12,16H,7-9,11,13-14H2,1-6H3/b17-12-. The third-order valence-corrected chi connectivity index (χ3v) is 3.15. The van der Waals surface area contributed by atoms with Gasteiger partial charge in [-0.25, -0.2) is 0 Å². The Morgan fingerprint density at radius 1 is 1.10 bits per heavy atom. The van der Waals surface area contributed by atoms with Crippen LogP contribution < -0.4 is 0 Å². The van der Waals surface area contributed by atoms with E-state index >= 15 is 0 Å². The minimum atomic E-state index is 0.287. The van der Waals surface area contributed by atoms with Gasteiger partial charge in [-0.3, -0.25) is 4.79 Å². The maximum atomic E-state index is 12.1. The molecule has 0 spiro atoms. The molecule has 0 radical (unpaired) electrons. The van der Waals surface area contributed by atoms with Crippen LogP contribution in [0.3, 0.4) is 0 Å². The Balaban J connectivity index is 4.41. The summed E-state index contributed by atoms with van der Waals surface area (Å²) in [5, 5.41) is 0. The number of hydrogen-bond donors (Lipinski definition) is 0. The van der Waals surface area contributed by atoms with Gasteiger partial charge in [-0.15, -0.1) is 0 Å². The second kappa shape index (κ2) is 10.7. The van der Waals surface area contributed by atoms with E-state index in [0.29, 0.717) is 12.3 Å². The van der Waals surface area contributed by atoms with Gasteiger partial charge in [0.1, 0.15) is 0 Å². The summed E-state index contributed by atoms with van der Waals surface area (Å²) in [6, 6.07) is 0. The van der Waals surface area contributed by atoms with Crippen molar-refractivity contribution in [2.75, 3.05) is 13.1 Å². The highest BCUT2D eigenvalue weighted by molar-refractivity contribution is 5.76. The van der Waals surface area contributed by atoms with Crippen LogP contribution in [0, 0.1) is 5.92 Å². The fraction of sp³-hybridized carbons (Fsp3) is 0.722. The number of nitrogens with zero attached hydrogens (tertiary/aromatic N) is 1. The third-order valence-electron chi connectivity index (χ3n) is 3.15. The van der Waals surface area contributed by atoms with E-state index in [-0.39, 0.29) is 5.91 Å². The molecule has 1 amide bonds. The molecule has 0 heterocycles. The molecule has 0 saturated carbocycles. The molecule has 0 unspecified atom stereocenters. The van der Waals surface area contributed by atoms with Crippen molar-refractivity contribution in [3.63, 3.8) is 0 Å². The molecule has 0 atom stereocenters. The number of rotatable bonds is 9. The molecule has 0 aliphatic heterocycles. The monoisotopic (exact) mass is 279 g/mol. The summed E-state index contributed by atoms with van der Waals surface area (Å²) in [7, 11) is 0. The normalized spacial score (nSPS) is 11.7. The van der Waals surface area contributed by atoms with Crippen molar-refractivity contribution in [3.8, 4) is 0 Å². The fourth-order valence-corrected chi connectivity index (χ4v) is 2.05. The molecule has 2 nitrogen and oxygen atoms in total. The zero-order valence-corrected chi connectivity index (χ0v) is 14.3. The highest BCUT2D eigenvalue weighted by atomic mass is 16.2. The van der Waals surface area contributed by atoms with E-state index in [4.69, 9.17) is 0 Å². The van der Waals surface area contributed by atoms with Gasteiger partial charge in [-0.05, 0) is 46.0 Å². The minimum Gasteiger partial charge on any atom is -0.339 e. The largest absolute Gasteiger partial charge is 0.339 e.